The summed E-state index contributed by atoms with van der Waals surface area (Å²) in [6.45, 7) is 11.7. The Hall–Kier alpha value is -0.613. The molecular formula is C12H24O3Si. The van der Waals surface area contributed by atoms with Crippen LogP contribution in [-0.4, -0.2) is 28.0 Å². The Morgan fingerprint density at radius 2 is 1.88 bits per heavy atom. The topological polar surface area (TPSA) is 35.5 Å². The lowest BCUT2D eigenvalue weighted by Gasteiger charge is -2.36. The van der Waals surface area contributed by atoms with Gasteiger partial charge in [0.2, 0.25) is 0 Å². The summed E-state index contributed by atoms with van der Waals surface area (Å²) in [4.78, 5) is 10.8. The third kappa shape index (κ3) is 5.46. The van der Waals surface area contributed by atoms with E-state index in [2.05, 4.69) is 38.6 Å². The Morgan fingerprint density at radius 3 is 2.31 bits per heavy atom. The number of esters is 1. The van der Waals surface area contributed by atoms with Crippen LogP contribution in [-0.2, 0) is 14.0 Å². The molecule has 0 unspecified atom stereocenters. The molecule has 0 N–H and O–H groups in total. The molecule has 0 saturated heterocycles. The number of hydrogen-bond acceptors (Lipinski definition) is 3. The second-order valence-electron chi connectivity index (χ2n) is 5.32. The first-order chi connectivity index (χ1) is 7.20. The molecule has 0 amide bonds. The van der Waals surface area contributed by atoms with Crippen LogP contribution in [0.3, 0.4) is 0 Å². The minimum atomic E-state index is -1.64. The van der Waals surface area contributed by atoms with E-state index in [0.29, 0.717) is 6.61 Å². The minimum Gasteiger partial charge on any atom is -0.466 e. The summed E-state index contributed by atoms with van der Waals surface area (Å²) in [6.07, 6.45) is 3.98. The second-order valence-corrected chi connectivity index (χ2v) is 10.1. The van der Waals surface area contributed by atoms with Gasteiger partial charge in [-0.1, -0.05) is 26.8 Å². The molecule has 0 aromatic carbocycles. The van der Waals surface area contributed by atoms with Gasteiger partial charge in [0.25, 0.3) is 0 Å². The van der Waals surface area contributed by atoms with Crippen molar-refractivity contribution >= 4 is 14.3 Å². The fourth-order valence-corrected chi connectivity index (χ4v) is 1.91. The Bertz CT molecular complexity index is 251. The average molecular weight is 244 g/mol. The maximum Gasteiger partial charge on any atom is 0.330 e. The number of ether oxygens (including phenoxy) is 1. The summed E-state index contributed by atoms with van der Waals surface area (Å²) in [5, 5.41) is 0.235. The highest BCUT2D eigenvalue weighted by Crippen LogP contribution is 2.36. The Balaban J connectivity index is 3.91. The molecule has 3 nitrogen and oxygen atoms in total. The highest BCUT2D eigenvalue weighted by molar-refractivity contribution is 6.74. The van der Waals surface area contributed by atoms with Crippen LogP contribution in [0.2, 0.25) is 18.1 Å². The third-order valence-corrected chi connectivity index (χ3v) is 7.55. The number of carbonyl (C=O) groups excluding carboxylic acids is 1. The van der Waals surface area contributed by atoms with E-state index in [0.717, 1.165) is 6.42 Å². The van der Waals surface area contributed by atoms with Gasteiger partial charge in [0.1, 0.15) is 0 Å². The molecule has 0 saturated carbocycles. The zero-order valence-electron chi connectivity index (χ0n) is 11.3. The van der Waals surface area contributed by atoms with E-state index in [1.165, 1.54) is 13.2 Å². The summed E-state index contributed by atoms with van der Waals surface area (Å²) in [5.41, 5.74) is 0. The predicted octanol–water partition coefficient (Wildman–Crippen LogP) is 3.13. The predicted molar refractivity (Wildman–Crippen MR) is 68.9 cm³/mol. The summed E-state index contributed by atoms with van der Waals surface area (Å²) in [5.74, 6) is -0.313. The van der Waals surface area contributed by atoms with E-state index < -0.39 is 8.32 Å². The first-order valence-electron chi connectivity index (χ1n) is 5.59. The molecule has 0 aliphatic heterocycles. The fraction of sp³-hybridized carbons (Fsp3) is 0.750. The molecule has 0 aromatic heterocycles. The summed E-state index contributed by atoms with van der Waals surface area (Å²) in [7, 11) is -0.267. The van der Waals surface area contributed by atoms with Crippen molar-refractivity contribution in [3.63, 3.8) is 0 Å². The van der Waals surface area contributed by atoms with Gasteiger partial charge in [-0.3, -0.25) is 0 Å². The van der Waals surface area contributed by atoms with Gasteiger partial charge in [-0.05, 0) is 24.6 Å². The van der Waals surface area contributed by atoms with Crippen molar-refractivity contribution in [2.75, 3.05) is 13.7 Å². The standard InChI is InChI=1S/C12H24O3Si/c1-12(2,3)16(5,6)15-10-8-7-9-11(13)14-4/h7,9H,8,10H2,1-6H3/b9-7-. The van der Waals surface area contributed by atoms with E-state index >= 15 is 0 Å². The summed E-state index contributed by atoms with van der Waals surface area (Å²) >= 11 is 0. The van der Waals surface area contributed by atoms with Crippen molar-refractivity contribution in [2.24, 2.45) is 0 Å². The van der Waals surface area contributed by atoms with Crippen LogP contribution < -0.4 is 0 Å². The molecule has 0 aliphatic carbocycles. The quantitative estimate of drug-likeness (QED) is 0.322. The molecule has 0 rings (SSSR count). The van der Waals surface area contributed by atoms with Gasteiger partial charge < -0.3 is 9.16 Å². The zero-order chi connectivity index (χ0) is 12.8. The van der Waals surface area contributed by atoms with E-state index in [9.17, 15) is 4.79 Å². The van der Waals surface area contributed by atoms with Crippen LogP contribution in [0.25, 0.3) is 0 Å². The van der Waals surface area contributed by atoms with Crippen molar-refractivity contribution in [1.29, 1.82) is 0 Å². The molecular weight excluding hydrogens is 220 g/mol. The van der Waals surface area contributed by atoms with E-state index in [1.807, 2.05) is 0 Å². The van der Waals surface area contributed by atoms with Crippen LogP contribution >= 0.6 is 0 Å². The second kappa shape index (κ2) is 6.20. The van der Waals surface area contributed by atoms with Crippen LogP contribution in [0.15, 0.2) is 12.2 Å². The fourth-order valence-electron chi connectivity index (χ4n) is 0.846. The molecule has 0 radical (unpaired) electrons. The lowest BCUT2D eigenvalue weighted by atomic mass is 10.2. The largest absolute Gasteiger partial charge is 0.466 e. The first kappa shape index (κ1) is 15.4. The van der Waals surface area contributed by atoms with Crippen molar-refractivity contribution in [2.45, 2.75) is 45.3 Å². The Labute approximate surface area is 100.0 Å². The minimum absolute atomic E-state index is 0.235. The molecule has 0 heterocycles. The van der Waals surface area contributed by atoms with Crippen LogP contribution in [0.5, 0.6) is 0 Å². The maximum absolute atomic E-state index is 10.8. The normalized spacial score (nSPS) is 13.1. The van der Waals surface area contributed by atoms with Gasteiger partial charge in [0.05, 0.1) is 7.11 Å². The van der Waals surface area contributed by atoms with Crippen molar-refractivity contribution in [3.05, 3.63) is 12.2 Å². The Morgan fingerprint density at radius 1 is 1.31 bits per heavy atom. The van der Waals surface area contributed by atoms with Gasteiger partial charge in [0.15, 0.2) is 8.32 Å². The zero-order valence-corrected chi connectivity index (χ0v) is 12.3. The van der Waals surface area contributed by atoms with E-state index in [1.54, 1.807) is 6.08 Å². The molecule has 16 heavy (non-hydrogen) atoms. The highest BCUT2D eigenvalue weighted by atomic mass is 28.4. The molecule has 0 fully saturated rings. The first-order valence-corrected chi connectivity index (χ1v) is 8.50. The van der Waals surface area contributed by atoms with Gasteiger partial charge in [-0.25, -0.2) is 4.79 Å². The van der Waals surface area contributed by atoms with Crippen LogP contribution in [0.4, 0.5) is 0 Å². The van der Waals surface area contributed by atoms with Gasteiger partial charge in [-0.15, -0.1) is 0 Å². The molecule has 0 spiro atoms. The van der Waals surface area contributed by atoms with Crippen LogP contribution in [0, 0.1) is 0 Å². The number of hydrogen-bond donors (Lipinski definition) is 0. The molecule has 0 aliphatic rings. The molecule has 0 bridgehead atoms. The number of carbonyl (C=O) groups is 1. The van der Waals surface area contributed by atoms with Crippen molar-refractivity contribution in [3.8, 4) is 0 Å². The number of methoxy groups -OCH3 is 1. The molecule has 0 aromatic rings. The Kier molecular flexibility index (Phi) is 5.97. The number of rotatable bonds is 5. The molecule has 0 atom stereocenters. The molecule has 94 valence electrons. The van der Waals surface area contributed by atoms with Gasteiger partial charge in [0, 0.05) is 12.7 Å². The summed E-state index contributed by atoms with van der Waals surface area (Å²) in [6, 6.07) is 0. The highest BCUT2D eigenvalue weighted by Gasteiger charge is 2.36. The smallest absolute Gasteiger partial charge is 0.330 e. The maximum atomic E-state index is 10.8. The van der Waals surface area contributed by atoms with Gasteiger partial charge in [-0.2, -0.15) is 0 Å². The average Bonchev–Trinajstić information content (AvgIpc) is 2.15. The third-order valence-electron chi connectivity index (χ3n) is 3.01. The van der Waals surface area contributed by atoms with Gasteiger partial charge >= 0.3 is 5.97 Å². The SMILES string of the molecule is COC(=O)/C=C\CCO[Si](C)(C)C(C)(C)C. The van der Waals surface area contributed by atoms with Crippen molar-refractivity contribution in [1.82, 2.24) is 0 Å². The summed E-state index contributed by atoms with van der Waals surface area (Å²) < 4.78 is 10.4. The van der Waals surface area contributed by atoms with E-state index in [4.69, 9.17) is 4.43 Å². The lowest BCUT2D eigenvalue weighted by Crippen LogP contribution is -2.40. The monoisotopic (exact) mass is 244 g/mol. The van der Waals surface area contributed by atoms with Crippen molar-refractivity contribution < 1.29 is 14.0 Å². The van der Waals surface area contributed by atoms with E-state index in [-0.39, 0.29) is 11.0 Å². The molecule has 4 heteroatoms. The van der Waals surface area contributed by atoms with Crippen LogP contribution in [0.1, 0.15) is 27.2 Å². The lowest BCUT2D eigenvalue weighted by molar-refractivity contribution is -0.134.